The van der Waals surface area contributed by atoms with Crippen molar-refractivity contribution in [2.75, 3.05) is 14.2 Å². The second kappa shape index (κ2) is 7.55. The average Bonchev–Trinajstić information content (AvgIpc) is 3.39. The van der Waals surface area contributed by atoms with Crippen molar-refractivity contribution < 1.29 is 22.4 Å². The van der Waals surface area contributed by atoms with Crippen LogP contribution in [0.2, 0.25) is 5.02 Å². The molecule has 1 aliphatic rings. The highest BCUT2D eigenvalue weighted by molar-refractivity contribution is 7.89. The molecule has 2 atom stereocenters. The maximum atomic E-state index is 14.0. The predicted molar refractivity (Wildman–Crippen MR) is 98.4 cm³/mol. The Morgan fingerprint density at radius 1 is 1.26 bits per heavy atom. The lowest BCUT2D eigenvalue weighted by molar-refractivity contribution is -0.0258. The van der Waals surface area contributed by atoms with Crippen molar-refractivity contribution in [3.8, 4) is 0 Å². The maximum absolute atomic E-state index is 14.0. The molecular weight excluding hydrogens is 395 g/mol. The Morgan fingerprint density at radius 2 is 1.93 bits per heavy atom. The van der Waals surface area contributed by atoms with E-state index in [0.717, 1.165) is 4.47 Å². The molecule has 1 saturated carbocycles. The van der Waals surface area contributed by atoms with Gasteiger partial charge >= 0.3 is 0 Å². The van der Waals surface area contributed by atoms with Crippen molar-refractivity contribution in [3.05, 3.63) is 64.4 Å². The minimum Gasteiger partial charge on any atom is -0.349 e. The lowest BCUT2D eigenvalue weighted by Gasteiger charge is -2.14. The molecule has 6 nitrogen and oxygen atoms in total. The largest absolute Gasteiger partial charge is 0.349 e. The summed E-state index contributed by atoms with van der Waals surface area (Å²) in [7, 11) is -1.26. The van der Waals surface area contributed by atoms with Crippen LogP contribution in [-0.4, -0.2) is 39.0 Å². The molecule has 0 radical (unpaired) electrons. The third-order valence-electron chi connectivity index (χ3n) is 4.49. The number of hydrogen-bond acceptors (Lipinski definition) is 4. The third-order valence-corrected chi connectivity index (χ3v) is 6.51. The van der Waals surface area contributed by atoms with E-state index in [1.165, 1.54) is 50.6 Å². The number of nitrogens with one attached hydrogen (secondary N) is 1. The summed E-state index contributed by atoms with van der Waals surface area (Å²) < 4.78 is 39.0. The van der Waals surface area contributed by atoms with Crippen LogP contribution in [0.3, 0.4) is 0 Å². The van der Waals surface area contributed by atoms with E-state index < -0.39 is 10.0 Å². The molecule has 1 fully saturated rings. The first-order chi connectivity index (χ1) is 12.8. The van der Waals surface area contributed by atoms with Crippen LogP contribution in [0.4, 0.5) is 4.39 Å². The summed E-state index contributed by atoms with van der Waals surface area (Å²) >= 11 is 6.06. The van der Waals surface area contributed by atoms with Crippen molar-refractivity contribution in [3.63, 3.8) is 0 Å². The highest BCUT2D eigenvalue weighted by Crippen LogP contribution is 2.45. The average molecular weight is 413 g/mol. The molecular formula is C18H18ClFN2O4S. The molecule has 0 bridgehead atoms. The Hall–Kier alpha value is -2.00. The van der Waals surface area contributed by atoms with Crippen molar-refractivity contribution in [2.45, 2.75) is 23.3 Å². The second-order valence-corrected chi connectivity index (χ2v) is 8.52. The van der Waals surface area contributed by atoms with E-state index in [0.29, 0.717) is 22.6 Å². The molecule has 2 aromatic carbocycles. The third kappa shape index (κ3) is 3.98. The van der Waals surface area contributed by atoms with E-state index in [-0.39, 0.29) is 28.6 Å². The summed E-state index contributed by atoms with van der Waals surface area (Å²) in [4.78, 5) is 17.1. The Bertz CT molecular complexity index is 946. The molecule has 2 aromatic rings. The van der Waals surface area contributed by atoms with Gasteiger partial charge in [-0.15, -0.1) is 0 Å². The van der Waals surface area contributed by atoms with Gasteiger partial charge in [0, 0.05) is 35.2 Å². The first kappa shape index (κ1) is 19.8. The molecule has 1 N–H and O–H groups in total. The van der Waals surface area contributed by atoms with Gasteiger partial charge in [-0.3, -0.25) is 9.63 Å². The number of amides is 1. The van der Waals surface area contributed by atoms with Gasteiger partial charge in [0.15, 0.2) is 0 Å². The molecule has 0 heterocycles. The second-order valence-electron chi connectivity index (χ2n) is 6.18. The minimum absolute atomic E-state index is 0.00540. The summed E-state index contributed by atoms with van der Waals surface area (Å²) in [5, 5.41) is 3.16. The molecule has 0 saturated heterocycles. The zero-order valence-corrected chi connectivity index (χ0v) is 16.2. The molecule has 0 spiro atoms. The van der Waals surface area contributed by atoms with Crippen molar-refractivity contribution >= 4 is 27.5 Å². The molecule has 1 amide bonds. The Labute approximate surface area is 161 Å². The Morgan fingerprint density at radius 3 is 2.52 bits per heavy atom. The van der Waals surface area contributed by atoms with Gasteiger partial charge in [-0.2, -0.15) is 0 Å². The topological polar surface area (TPSA) is 75.7 Å². The minimum atomic E-state index is -3.77. The van der Waals surface area contributed by atoms with E-state index in [1.54, 1.807) is 6.07 Å². The summed E-state index contributed by atoms with van der Waals surface area (Å²) in [6.45, 7) is 0. The molecule has 144 valence electrons. The molecule has 3 rings (SSSR count). The fourth-order valence-corrected chi connectivity index (χ4v) is 4.09. The van der Waals surface area contributed by atoms with Crippen LogP contribution in [0.25, 0.3) is 0 Å². The Kier molecular flexibility index (Phi) is 5.53. The van der Waals surface area contributed by atoms with Crippen LogP contribution in [0.15, 0.2) is 47.4 Å². The van der Waals surface area contributed by atoms with Gasteiger partial charge in [0.1, 0.15) is 5.82 Å². The van der Waals surface area contributed by atoms with Crippen LogP contribution in [0.5, 0.6) is 0 Å². The van der Waals surface area contributed by atoms with E-state index >= 15 is 0 Å². The van der Waals surface area contributed by atoms with E-state index in [2.05, 4.69) is 5.32 Å². The number of carbonyl (C=O) groups excluding carboxylic acids is 1. The van der Waals surface area contributed by atoms with Gasteiger partial charge < -0.3 is 5.32 Å². The SMILES string of the molecule is CON(C)S(=O)(=O)c1ccc(C(=O)NC2CC2c2c(F)cccc2Cl)cc1. The standard InChI is InChI=1S/C18H18ClFN2O4S/c1-22(26-2)27(24,25)12-8-6-11(7-9-12)18(23)21-16-10-13(16)17-14(19)4-3-5-15(17)20/h3-9,13,16H,10H2,1-2H3,(H,21,23). The maximum Gasteiger partial charge on any atom is 0.264 e. The van der Waals surface area contributed by atoms with E-state index in [1.807, 2.05) is 0 Å². The molecule has 27 heavy (non-hydrogen) atoms. The summed E-state index contributed by atoms with van der Waals surface area (Å²) in [5.41, 5.74) is 0.716. The number of halogens is 2. The number of benzene rings is 2. The fourth-order valence-electron chi connectivity index (χ4n) is 2.82. The summed E-state index contributed by atoms with van der Waals surface area (Å²) in [6.07, 6.45) is 0.595. The van der Waals surface area contributed by atoms with Gasteiger partial charge in [0.25, 0.3) is 15.9 Å². The molecule has 1 aliphatic carbocycles. The number of nitrogens with zero attached hydrogens (tertiary/aromatic N) is 1. The fraction of sp³-hybridized carbons (Fsp3) is 0.278. The normalized spacial score (nSPS) is 19.1. The highest BCUT2D eigenvalue weighted by Gasteiger charge is 2.42. The number of hydroxylamine groups is 1. The zero-order chi connectivity index (χ0) is 19.8. The number of sulfonamides is 1. The first-order valence-corrected chi connectivity index (χ1v) is 9.95. The van der Waals surface area contributed by atoms with Crippen LogP contribution in [0, 0.1) is 5.82 Å². The lowest BCUT2D eigenvalue weighted by atomic mass is 10.1. The first-order valence-electron chi connectivity index (χ1n) is 8.13. The van der Waals surface area contributed by atoms with Gasteiger partial charge in [-0.05, 0) is 42.8 Å². The monoisotopic (exact) mass is 412 g/mol. The van der Waals surface area contributed by atoms with Crippen molar-refractivity contribution in [1.29, 1.82) is 0 Å². The van der Waals surface area contributed by atoms with Crippen LogP contribution < -0.4 is 5.32 Å². The molecule has 0 aliphatic heterocycles. The smallest absolute Gasteiger partial charge is 0.264 e. The zero-order valence-electron chi connectivity index (χ0n) is 14.6. The Balaban J connectivity index is 1.68. The van der Waals surface area contributed by atoms with Gasteiger partial charge in [0.2, 0.25) is 0 Å². The summed E-state index contributed by atoms with van der Waals surface area (Å²) in [5.74, 6) is -0.919. The van der Waals surface area contributed by atoms with Crippen molar-refractivity contribution in [1.82, 2.24) is 9.79 Å². The van der Waals surface area contributed by atoms with E-state index in [9.17, 15) is 17.6 Å². The summed E-state index contributed by atoms with van der Waals surface area (Å²) in [6, 6.07) is 9.78. The quantitative estimate of drug-likeness (QED) is 0.740. The predicted octanol–water partition coefficient (Wildman–Crippen LogP) is 2.95. The molecule has 9 heteroatoms. The molecule has 2 unspecified atom stereocenters. The van der Waals surface area contributed by atoms with Crippen LogP contribution >= 0.6 is 11.6 Å². The van der Waals surface area contributed by atoms with Crippen LogP contribution in [-0.2, 0) is 14.9 Å². The van der Waals surface area contributed by atoms with Crippen LogP contribution in [0.1, 0.15) is 28.3 Å². The van der Waals surface area contributed by atoms with Gasteiger partial charge in [-0.1, -0.05) is 22.1 Å². The van der Waals surface area contributed by atoms with E-state index in [4.69, 9.17) is 16.4 Å². The highest BCUT2D eigenvalue weighted by atomic mass is 35.5. The molecule has 0 aromatic heterocycles. The number of rotatable bonds is 6. The number of hydrogen-bond donors (Lipinski definition) is 1. The van der Waals surface area contributed by atoms with Gasteiger partial charge in [-0.25, -0.2) is 12.8 Å². The number of carbonyl (C=O) groups is 1. The lowest BCUT2D eigenvalue weighted by Crippen LogP contribution is -2.27. The van der Waals surface area contributed by atoms with Gasteiger partial charge in [0.05, 0.1) is 12.0 Å². The van der Waals surface area contributed by atoms with Crippen molar-refractivity contribution in [2.24, 2.45) is 0 Å².